The number of pyridine rings is 1. The lowest BCUT2D eigenvalue weighted by atomic mass is 9.86. The van der Waals surface area contributed by atoms with Gasteiger partial charge in [-0.05, 0) is 94.1 Å². The fourth-order valence-corrected chi connectivity index (χ4v) is 7.25. The van der Waals surface area contributed by atoms with E-state index in [9.17, 15) is 0 Å². The predicted molar refractivity (Wildman–Crippen MR) is 218 cm³/mol. The molecule has 0 radical (unpaired) electrons. The van der Waals surface area contributed by atoms with Crippen LogP contribution in [-0.4, -0.2) is 16.2 Å². The lowest BCUT2D eigenvalue weighted by Gasteiger charge is -2.26. The molecule has 8 rings (SSSR count). The number of nitrogens with zero attached hydrogens (tertiary/aromatic N) is 4. The van der Waals surface area contributed by atoms with Gasteiger partial charge in [-0.15, -0.1) is 0 Å². The number of aromatic nitrogens is 2. The monoisotopic (exact) mass is 682 g/mol. The van der Waals surface area contributed by atoms with Crippen LogP contribution in [0.1, 0.15) is 58.2 Å². The summed E-state index contributed by atoms with van der Waals surface area (Å²) in [5.74, 6) is 2.50. The molecule has 52 heavy (non-hydrogen) atoms. The van der Waals surface area contributed by atoms with Crippen molar-refractivity contribution in [2.24, 2.45) is 0 Å². The number of fused-ring (bicyclic) bond motifs is 3. The molecule has 0 amide bonds. The molecule has 1 aliphatic heterocycles. The van der Waals surface area contributed by atoms with Gasteiger partial charge < -0.3 is 14.5 Å². The van der Waals surface area contributed by atoms with Crippen molar-refractivity contribution in [3.63, 3.8) is 0 Å². The van der Waals surface area contributed by atoms with Gasteiger partial charge in [0, 0.05) is 52.9 Å². The molecule has 0 aliphatic carbocycles. The molecular weight excluding hydrogens is 637 g/mol. The summed E-state index contributed by atoms with van der Waals surface area (Å²) in [4.78, 5) is 9.48. The van der Waals surface area contributed by atoms with Crippen molar-refractivity contribution in [3.8, 4) is 28.4 Å². The third kappa shape index (κ3) is 6.21. The van der Waals surface area contributed by atoms with Crippen LogP contribution in [0, 0.1) is 6.92 Å². The first-order chi connectivity index (χ1) is 24.9. The summed E-state index contributed by atoms with van der Waals surface area (Å²) in [6.07, 6.45) is 6.27. The summed E-state index contributed by atoms with van der Waals surface area (Å²) in [6, 6.07) is 43.1. The predicted octanol–water partition coefficient (Wildman–Crippen LogP) is 12.3. The topological polar surface area (TPSA) is 33.5 Å². The summed E-state index contributed by atoms with van der Waals surface area (Å²) >= 11 is 0. The molecule has 2 aromatic heterocycles. The van der Waals surface area contributed by atoms with E-state index in [2.05, 4.69) is 197 Å². The quantitative estimate of drug-likeness (QED) is 0.175. The molecule has 0 spiro atoms. The Labute approximate surface area is 307 Å². The minimum Gasteiger partial charge on any atom is -0.457 e. The lowest BCUT2D eigenvalue weighted by Crippen LogP contribution is -2.25. The Bertz CT molecular complexity index is 2460. The van der Waals surface area contributed by atoms with Gasteiger partial charge in [-0.2, -0.15) is 0 Å². The first-order valence-corrected chi connectivity index (χ1v) is 18.1. The van der Waals surface area contributed by atoms with Crippen LogP contribution in [0.15, 0.2) is 140 Å². The number of rotatable bonds is 6. The van der Waals surface area contributed by atoms with Gasteiger partial charge in [0.25, 0.3) is 0 Å². The molecule has 0 bridgehead atoms. The van der Waals surface area contributed by atoms with E-state index in [1.54, 1.807) is 0 Å². The zero-order valence-corrected chi connectivity index (χ0v) is 31.2. The minimum absolute atomic E-state index is 0.00703. The summed E-state index contributed by atoms with van der Waals surface area (Å²) in [5.41, 5.74) is 10.6. The number of hydrogen-bond acceptors (Lipinski definition) is 4. The summed E-state index contributed by atoms with van der Waals surface area (Å²) < 4.78 is 9.05. The highest BCUT2D eigenvalue weighted by Gasteiger charge is 2.23. The molecule has 260 valence electrons. The second-order valence-electron chi connectivity index (χ2n) is 15.9. The molecule has 0 unspecified atom stereocenters. The van der Waals surface area contributed by atoms with Crippen LogP contribution in [0.2, 0.25) is 0 Å². The Kier molecular flexibility index (Phi) is 8.18. The molecule has 0 atom stereocenters. The zero-order valence-electron chi connectivity index (χ0n) is 31.2. The maximum atomic E-state index is 6.78. The van der Waals surface area contributed by atoms with Gasteiger partial charge >= 0.3 is 0 Å². The Morgan fingerprint density at radius 1 is 0.596 bits per heavy atom. The average molecular weight is 683 g/mol. The maximum absolute atomic E-state index is 6.78. The van der Waals surface area contributed by atoms with Crippen molar-refractivity contribution in [3.05, 3.63) is 157 Å². The summed E-state index contributed by atoms with van der Waals surface area (Å²) in [7, 11) is 0. The van der Waals surface area contributed by atoms with Crippen molar-refractivity contribution in [1.29, 1.82) is 0 Å². The van der Waals surface area contributed by atoms with Gasteiger partial charge in [0.05, 0.1) is 17.7 Å². The van der Waals surface area contributed by atoms with Gasteiger partial charge in [-0.1, -0.05) is 102 Å². The number of para-hydroxylation sites is 1. The van der Waals surface area contributed by atoms with Gasteiger partial charge in [0.1, 0.15) is 17.3 Å². The van der Waals surface area contributed by atoms with Crippen LogP contribution in [0.5, 0.6) is 11.5 Å². The van der Waals surface area contributed by atoms with Crippen LogP contribution < -0.4 is 14.5 Å². The normalized spacial score (nSPS) is 13.4. The average Bonchev–Trinajstić information content (AvgIpc) is 3.75. The second-order valence-corrected chi connectivity index (χ2v) is 15.9. The Balaban J connectivity index is 1.14. The van der Waals surface area contributed by atoms with Crippen molar-refractivity contribution < 1.29 is 4.74 Å². The first-order valence-electron chi connectivity index (χ1n) is 18.1. The van der Waals surface area contributed by atoms with Crippen molar-refractivity contribution >= 4 is 33.2 Å². The van der Waals surface area contributed by atoms with E-state index >= 15 is 0 Å². The van der Waals surface area contributed by atoms with E-state index in [4.69, 9.17) is 9.72 Å². The highest BCUT2D eigenvalue weighted by molar-refractivity contribution is 6.09. The van der Waals surface area contributed by atoms with E-state index in [0.29, 0.717) is 6.67 Å². The van der Waals surface area contributed by atoms with Gasteiger partial charge in [-0.3, -0.25) is 4.57 Å². The third-order valence-corrected chi connectivity index (χ3v) is 10.2. The fraction of sp³-hybridized carbons (Fsp3) is 0.213. The molecule has 5 nitrogen and oxygen atoms in total. The van der Waals surface area contributed by atoms with Crippen LogP contribution in [0.25, 0.3) is 38.8 Å². The van der Waals surface area contributed by atoms with Crippen molar-refractivity contribution in [1.82, 2.24) is 9.55 Å². The first kappa shape index (κ1) is 33.3. The number of hydrogen-bond donors (Lipinski definition) is 0. The summed E-state index contributed by atoms with van der Waals surface area (Å²) in [5, 5.41) is 2.36. The maximum Gasteiger partial charge on any atom is 0.137 e. The third-order valence-electron chi connectivity index (χ3n) is 10.2. The molecule has 0 saturated heterocycles. The molecule has 0 N–H and O–H groups in total. The van der Waals surface area contributed by atoms with Crippen LogP contribution in [0.3, 0.4) is 0 Å². The smallest absolute Gasteiger partial charge is 0.137 e. The van der Waals surface area contributed by atoms with Gasteiger partial charge in [-0.25, -0.2) is 4.98 Å². The molecule has 5 aromatic carbocycles. The highest BCUT2D eigenvalue weighted by Crippen LogP contribution is 2.39. The van der Waals surface area contributed by atoms with E-state index in [0.717, 1.165) is 34.0 Å². The second kappa shape index (κ2) is 12.8. The molecule has 0 fully saturated rings. The van der Waals surface area contributed by atoms with Gasteiger partial charge in [0.15, 0.2) is 0 Å². The Morgan fingerprint density at radius 3 is 2.12 bits per heavy atom. The molecule has 7 aromatic rings. The Morgan fingerprint density at radius 2 is 1.33 bits per heavy atom. The Hall–Kier alpha value is -5.81. The standard InChI is InChI=1S/C47H46N4O/c1-32-39(33-14-9-8-10-15-33)17-13-19-42(32)50-25-24-49(31-50)36-26-35(47(5,6)7)27-38(29-36)52-37-20-21-41-40-16-11-12-18-43(40)51(44(41)30-37)45-28-34(22-23-48-45)46(2,3)4/h8-30H,31H2,1-7H3. The SMILES string of the molecule is Cc1c(-c2ccccc2)cccc1N1C=CN(c2cc(Oc3ccc4c5ccccc5n(-c5cc(C(C)(C)C)ccn5)c4c3)cc(C(C)(C)C)c2)C1. The minimum atomic E-state index is -0.0715. The van der Waals surface area contributed by atoms with Crippen molar-refractivity contribution in [2.45, 2.75) is 59.3 Å². The van der Waals surface area contributed by atoms with Crippen LogP contribution in [-0.2, 0) is 10.8 Å². The van der Waals surface area contributed by atoms with Gasteiger partial charge in [0.2, 0.25) is 0 Å². The molecular formula is C47H46N4O. The number of ether oxygens (including phenoxy) is 1. The summed E-state index contributed by atoms with van der Waals surface area (Å²) in [6.45, 7) is 16.4. The van der Waals surface area contributed by atoms with E-state index < -0.39 is 0 Å². The largest absolute Gasteiger partial charge is 0.457 e. The molecule has 3 heterocycles. The van der Waals surface area contributed by atoms with Crippen molar-refractivity contribution in [2.75, 3.05) is 16.5 Å². The molecule has 1 aliphatic rings. The van der Waals surface area contributed by atoms with Crippen LogP contribution in [0.4, 0.5) is 11.4 Å². The van der Waals surface area contributed by atoms with E-state index in [-0.39, 0.29) is 10.8 Å². The van der Waals surface area contributed by atoms with E-state index in [1.807, 2.05) is 6.20 Å². The fourth-order valence-electron chi connectivity index (χ4n) is 7.25. The molecule has 0 saturated carbocycles. The zero-order chi connectivity index (χ0) is 36.2. The number of anilines is 2. The lowest BCUT2D eigenvalue weighted by molar-refractivity contribution is 0.479. The van der Waals surface area contributed by atoms with Crippen LogP contribution >= 0.6 is 0 Å². The number of benzene rings is 5. The highest BCUT2D eigenvalue weighted by atomic mass is 16.5. The molecule has 5 heteroatoms. The van der Waals surface area contributed by atoms with E-state index in [1.165, 1.54) is 44.3 Å².